The molecule has 1 aliphatic heterocycles. The number of rotatable bonds is 6. The van der Waals surface area contributed by atoms with E-state index >= 15 is 0 Å². The van der Waals surface area contributed by atoms with Gasteiger partial charge in [-0.25, -0.2) is 4.39 Å². The van der Waals surface area contributed by atoms with Gasteiger partial charge in [-0.1, -0.05) is 0 Å². The topological polar surface area (TPSA) is 111 Å². The number of hydrogen-bond donors (Lipinski definition) is 2. The molecule has 2 heterocycles. The lowest BCUT2D eigenvalue weighted by Gasteiger charge is -2.41. The number of aromatic nitrogens is 2. The van der Waals surface area contributed by atoms with Gasteiger partial charge in [-0.3, -0.25) is 14.7 Å². The smallest absolute Gasteiger partial charge is 0.274 e. The van der Waals surface area contributed by atoms with Crippen LogP contribution >= 0.6 is 0 Å². The molecule has 2 aromatic rings. The van der Waals surface area contributed by atoms with Crippen molar-refractivity contribution in [2.75, 3.05) is 26.3 Å². The molecule has 27 heavy (non-hydrogen) atoms. The van der Waals surface area contributed by atoms with Crippen molar-refractivity contribution in [2.45, 2.75) is 18.9 Å². The SMILES string of the molecule is Cc1cc(C(=O)N2CCO[C@@](COc3ccc(F)cc3)(CC(N)=O)C2)n[nH]1. The van der Waals surface area contributed by atoms with E-state index < -0.39 is 11.5 Å². The van der Waals surface area contributed by atoms with Gasteiger partial charge in [-0.2, -0.15) is 5.10 Å². The number of carbonyl (C=O) groups excluding carboxylic acids is 2. The molecule has 2 amide bonds. The molecule has 1 aliphatic rings. The zero-order valence-electron chi connectivity index (χ0n) is 14.9. The molecule has 0 aliphatic carbocycles. The number of ether oxygens (including phenoxy) is 2. The van der Waals surface area contributed by atoms with Crippen molar-refractivity contribution >= 4 is 11.8 Å². The number of morpholine rings is 1. The number of halogens is 1. The molecule has 1 aromatic carbocycles. The van der Waals surface area contributed by atoms with Gasteiger partial charge >= 0.3 is 0 Å². The average Bonchev–Trinajstić information content (AvgIpc) is 3.07. The van der Waals surface area contributed by atoms with E-state index in [1.807, 2.05) is 0 Å². The number of aromatic amines is 1. The molecule has 0 saturated carbocycles. The van der Waals surface area contributed by atoms with E-state index in [9.17, 15) is 14.0 Å². The first-order chi connectivity index (χ1) is 12.9. The van der Waals surface area contributed by atoms with E-state index in [0.717, 1.165) is 5.69 Å². The minimum Gasteiger partial charge on any atom is -0.490 e. The number of carbonyl (C=O) groups is 2. The highest BCUT2D eigenvalue weighted by Gasteiger charge is 2.41. The van der Waals surface area contributed by atoms with Crippen LogP contribution in [0, 0.1) is 12.7 Å². The first-order valence-electron chi connectivity index (χ1n) is 8.49. The molecule has 1 saturated heterocycles. The minimum absolute atomic E-state index is 0.00898. The maximum absolute atomic E-state index is 13.0. The van der Waals surface area contributed by atoms with Gasteiger partial charge < -0.3 is 20.1 Å². The summed E-state index contributed by atoms with van der Waals surface area (Å²) in [4.78, 5) is 25.8. The van der Waals surface area contributed by atoms with Crippen LogP contribution in [-0.4, -0.2) is 58.8 Å². The first-order valence-corrected chi connectivity index (χ1v) is 8.49. The highest BCUT2D eigenvalue weighted by Crippen LogP contribution is 2.25. The van der Waals surface area contributed by atoms with E-state index in [-0.39, 0.29) is 37.9 Å². The summed E-state index contributed by atoms with van der Waals surface area (Å²) in [6, 6.07) is 7.15. The van der Waals surface area contributed by atoms with Crippen LogP contribution in [-0.2, 0) is 9.53 Å². The Kier molecular flexibility index (Phi) is 5.41. The Morgan fingerprint density at radius 3 is 2.78 bits per heavy atom. The lowest BCUT2D eigenvalue weighted by molar-refractivity contribution is -0.142. The second-order valence-corrected chi connectivity index (χ2v) is 6.58. The van der Waals surface area contributed by atoms with Gasteiger partial charge in [0.15, 0.2) is 0 Å². The quantitative estimate of drug-likeness (QED) is 0.782. The Balaban J connectivity index is 1.74. The summed E-state index contributed by atoms with van der Waals surface area (Å²) in [7, 11) is 0. The normalized spacial score (nSPS) is 19.7. The fraction of sp³-hybridized carbons (Fsp3) is 0.389. The minimum atomic E-state index is -1.08. The predicted molar refractivity (Wildman–Crippen MR) is 93.6 cm³/mol. The lowest BCUT2D eigenvalue weighted by atomic mass is 9.97. The lowest BCUT2D eigenvalue weighted by Crippen LogP contribution is -2.58. The Labute approximate surface area is 155 Å². The van der Waals surface area contributed by atoms with Crippen LogP contribution in [0.15, 0.2) is 30.3 Å². The van der Waals surface area contributed by atoms with Crippen molar-refractivity contribution in [1.29, 1.82) is 0 Å². The molecule has 1 atom stereocenters. The summed E-state index contributed by atoms with van der Waals surface area (Å²) in [5, 5.41) is 6.72. The van der Waals surface area contributed by atoms with Gasteiger partial charge in [-0.05, 0) is 37.3 Å². The van der Waals surface area contributed by atoms with Crippen LogP contribution in [0.4, 0.5) is 4.39 Å². The van der Waals surface area contributed by atoms with E-state index in [2.05, 4.69) is 10.2 Å². The fourth-order valence-corrected chi connectivity index (χ4v) is 3.02. The van der Waals surface area contributed by atoms with Crippen LogP contribution in [0.5, 0.6) is 5.75 Å². The molecule has 9 heteroatoms. The zero-order chi connectivity index (χ0) is 19.4. The van der Waals surface area contributed by atoms with Crippen LogP contribution < -0.4 is 10.5 Å². The molecular formula is C18H21FN4O4. The van der Waals surface area contributed by atoms with Crippen LogP contribution in [0.25, 0.3) is 0 Å². The number of primary amides is 1. The number of hydrogen-bond acceptors (Lipinski definition) is 5. The van der Waals surface area contributed by atoms with Crippen molar-refractivity contribution in [3.8, 4) is 5.75 Å². The van der Waals surface area contributed by atoms with E-state index in [4.69, 9.17) is 15.2 Å². The molecule has 3 rings (SSSR count). The van der Waals surface area contributed by atoms with Gasteiger partial charge in [0, 0.05) is 12.2 Å². The predicted octanol–water partition coefficient (Wildman–Crippen LogP) is 1.02. The number of amides is 2. The standard InChI is InChI=1S/C18H21FN4O4/c1-12-8-15(22-21-12)17(25)23-6-7-27-18(10-23,9-16(20)24)11-26-14-4-2-13(19)3-5-14/h2-5,8H,6-7,9-11H2,1H3,(H2,20,24)(H,21,22)/t18-/m0/s1. The maximum Gasteiger partial charge on any atom is 0.274 e. The summed E-state index contributed by atoms with van der Waals surface area (Å²) in [5.41, 5.74) is 5.37. The number of nitrogens with two attached hydrogens (primary N) is 1. The van der Waals surface area contributed by atoms with Gasteiger partial charge in [0.1, 0.15) is 29.5 Å². The molecule has 3 N–H and O–H groups in total. The summed E-state index contributed by atoms with van der Waals surface area (Å²) >= 11 is 0. The van der Waals surface area contributed by atoms with Crippen molar-refractivity contribution in [3.05, 3.63) is 47.5 Å². The first kappa shape index (κ1) is 18.8. The number of nitrogens with one attached hydrogen (secondary N) is 1. The molecule has 0 bridgehead atoms. The van der Waals surface area contributed by atoms with Crippen LogP contribution in [0.2, 0.25) is 0 Å². The molecule has 144 valence electrons. The summed E-state index contributed by atoms with van der Waals surface area (Å²) in [6.07, 6.45) is -0.114. The second-order valence-electron chi connectivity index (χ2n) is 6.58. The number of aryl methyl sites for hydroxylation is 1. The third kappa shape index (κ3) is 4.62. The summed E-state index contributed by atoms with van der Waals surface area (Å²) in [5.74, 6) is -0.787. The van der Waals surface area contributed by atoms with Gasteiger partial charge in [-0.15, -0.1) is 0 Å². The maximum atomic E-state index is 13.0. The highest BCUT2D eigenvalue weighted by molar-refractivity contribution is 5.92. The van der Waals surface area contributed by atoms with E-state index in [0.29, 0.717) is 18.0 Å². The molecule has 1 fully saturated rings. The summed E-state index contributed by atoms with van der Waals surface area (Å²) in [6.45, 7) is 2.51. The largest absolute Gasteiger partial charge is 0.490 e. The third-order valence-corrected chi connectivity index (χ3v) is 4.27. The zero-order valence-corrected chi connectivity index (χ0v) is 14.9. The van der Waals surface area contributed by atoms with Crippen LogP contribution in [0.3, 0.4) is 0 Å². The van der Waals surface area contributed by atoms with Crippen molar-refractivity contribution in [2.24, 2.45) is 5.73 Å². The molecule has 0 radical (unpaired) electrons. The monoisotopic (exact) mass is 376 g/mol. The van der Waals surface area contributed by atoms with E-state index in [1.54, 1.807) is 17.9 Å². The second kappa shape index (κ2) is 7.75. The van der Waals surface area contributed by atoms with Gasteiger partial charge in [0.05, 0.1) is 19.6 Å². The molecule has 1 aromatic heterocycles. The van der Waals surface area contributed by atoms with Crippen molar-refractivity contribution < 1.29 is 23.5 Å². The average molecular weight is 376 g/mol. The summed E-state index contributed by atoms with van der Waals surface area (Å²) < 4.78 is 24.5. The number of benzene rings is 1. The molecular weight excluding hydrogens is 355 g/mol. The third-order valence-electron chi connectivity index (χ3n) is 4.27. The fourth-order valence-electron chi connectivity index (χ4n) is 3.02. The Hall–Kier alpha value is -2.94. The molecule has 0 spiro atoms. The number of nitrogens with zero attached hydrogens (tertiary/aromatic N) is 2. The Morgan fingerprint density at radius 2 is 2.15 bits per heavy atom. The van der Waals surface area contributed by atoms with Crippen molar-refractivity contribution in [1.82, 2.24) is 15.1 Å². The van der Waals surface area contributed by atoms with Gasteiger partial charge in [0.2, 0.25) is 5.91 Å². The van der Waals surface area contributed by atoms with E-state index in [1.165, 1.54) is 24.3 Å². The van der Waals surface area contributed by atoms with Gasteiger partial charge in [0.25, 0.3) is 5.91 Å². The Bertz CT molecular complexity index is 823. The molecule has 0 unspecified atom stereocenters. The van der Waals surface area contributed by atoms with Crippen molar-refractivity contribution in [3.63, 3.8) is 0 Å². The number of H-pyrrole nitrogens is 1. The highest BCUT2D eigenvalue weighted by atomic mass is 19.1. The van der Waals surface area contributed by atoms with Crippen LogP contribution in [0.1, 0.15) is 22.6 Å². The Morgan fingerprint density at radius 1 is 1.41 bits per heavy atom. The molecule has 8 nitrogen and oxygen atoms in total.